The van der Waals surface area contributed by atoms with Crippen molar-refractivity contribution in [1.29, 1.82) is 0 Å². The van der Waals surface area contributed by atoms with Crippen molar-refractivity contribution in [2.45, 2.75) is 19.3 Å². The molecule has 1 radical (unpaired) electrons. The Balaban J connectivity index is 2.43. The Morgan fingerprint density at radius 3 is 3.11 bits per heavy atom. The minimum absolute atomic E-state index is 1.06. The van der Waals surface area contributed by atoms with Crippen molar-refractivity contribution in [1.82, 2.24) is 0 Å². The number of allylic oxidation sites excluding steroid dienone is 6. The summed E-state index contributed by atoms with van der Waals surface area (Å²) < 4.78 is 0. The van der Waals surface area contributed by atoms with Gasteiger partial charge >= 0.3 is 0 Å². The lowest BCUT2D eigenvalue weighted by atomic mass is 10.3. The summed E-state index contributed by atoms with van der Waals surface area (Å²) in [6.45, 7) is 0. The van der Waals surface area contributed by atoms with E-state index in [9.17, 15) is 0 Å². The number of hydrogen-bond donors (Lipinski definition) is 0. The summed E-state index contributed by atoms with van der Waals surface area (Å²) in [7, 11) is 0. The van der Waals surface area contributed by atoms with Gasteiger partial charge in [0.2, 0.25) is 0 Å². The van der Waals surface area contributed by atoms with E-state index < -0.39 is 0 Å². The molecule has 0 nitrogen and oxygen atoms in total. The molecule has 0 heteroatoms. The van der Waals surface area contributed by atoms with Crippen molar-refractivity contribution < 1.29 is 0 Å². The van der Waals surface area contributed by atoms with Crippen molar-refractivity contribution >= 4 is 0 Å². The molecule has 1 rings (SSSR count). The molecular formula is C9H11. The van der Waals surface area contributed by atoms with Crippen LogP contribution in [0.1, 0.15) is 19.3 Å². The maximum Gasteiger partial charge on any atom is -0.0166 e. The Hall–Kier alpha value is -0.780. The van der Waals surface area contributed by atoms with Gasteiger partial charge in [0, 0.05) is 0 Å². The maximum atomic E-state index is 3.16. The number of hydrogen-bond acceptors (Lipinski definition) is 0. The predicted octanol–water partition coefficient (Wildman–Crippen LogP) is 2.64. The van der Waals surface area contributed by atoms with Crippen LogP contribution in [0.15, 0.2) is 30.4 Å². The topological polar surface area (TPSA) is 0 Å². The Morgan fingerprint density at radius 1 is 1.11 bits per heavy atom. The van der Waals surface area contributed by atoms with Crippen molar-refractivity contribution in [3.63, 3.8) is 0 Å². The second-order valence-corrected chi connectivity index (χ2v) is 2.04. The maximum absolute atomic E-state index is 3.16. The zero-order chi connectivity index (χ0) is 6.36. The molecule has 0 unspecified atom stereocenters. The van der Waals surface area contributed by atoms with E-state index in [2.05, 4.69) is 30.4 Å². The first kappa shape index (κ1) is 6.34. The van der Waals surface area contributed by atoms with E-state index in [1.807, 2.05) is 6.08 Å². The van der Waals surface area contributed by atoms with Crippen LogP contribution in [-0.4, -0.2) is 0 Å². The fraction of sp³-hybridized carbons (Fsp3) is 0.333. The fourth-order valence-electron chi connectivity index (χ4n) is 0.757. The van der Waals surface area contributed by atoms with Crippen molar-refractivity contribution in [2.75, 3.05) is 0 Å². The monoisotopic (exact) mass is 119 g/mol. The molecule has 1 aliphatic rings. The average Bonchev–Trinajstić information content (AvgIpc) is 2.00. The molecule has 0 aromatic heterocycles. The molecule has 0 aliphatic heterocycles. The molecule has 0 N–H and O–H groups in total. The molecule has 47 valence electrons. The summed E-state index contributed by atoms with van der Waals surface area (Å²) in [6, 6.07) is 0. The van der Waals surface area contributed by atoms with Gasteiger partial charge < -0.3 is 0 Å². The zero-order valence-corrected chi connectivity index (χ0v) is 5.51. The van der Waals surface area contributed by atoms with Crippen molar-refractivity contribution in [3.05, 3.63) is 36.5 Å². The van der Waals surface area contributed by atoms with E-state index in [-0.39, 0.29) is 0 Å². The van der Waals surface area contributed by atoms with Crippen molar-refractivity contribution in [2.24, 2.45) is 0 Å². The third kappa shape index (κ3) is 2.91. The minimum Gasteiger partial charge on any atom is -0.0879 e. The van der Waals surface area contributed by atoms with Gasteiger partial charge in [0.15, 0.2) is 0 Å². The van der Waals surface area contributed by atoms with Crippen LogP contribution in [0.25, 0.3) is 0 Å². The largest absolute Gasteiger partial charge is 0.0879 e. The zero-order valence-electron chi connectivity index (χ0n) is 5.51. The number of rotatable bonds is 0. The first-order valence-electron chi connectivity index (χ1n) is 3.37. The summed E-state index contributed by atoms with van der Waals surface area (Å²) >= 11 is 0. The molecule has 0 saturated carbocycles. The van der Waals surface area contributed by atoms with E-state index in [1.165, 1.54) is 0 Å². The molecule has 0 atom stereocenters. The first-order valence-corrected chi connectivity index (χ1v) is 3.37. The van der Waals surface area contributed by atoms with Gasteiger partial charge in [-0.05, 0) is 25.3 Å². The second-order valence-electron chi connectivity index (χ2n) is 2.04. The van der Waals surface area contributed by atoms with Gasteiger partial charge in [-0.1, -0.05) is 30.4 Å². The molecule has 0 aromatic carbocycles. The summed E-state index contributed by atoms with van der Waals surface area (Å²) in [4.78, 5) is 0. The third-order valence-corrected chi connectivity index (χ3v) is 1.24. The van der Waals surface area contributed by atoms with Crippen LogP contribution in [0.5, 0.6) is 0 Å². The standard InChI is InChI=1S/C9H11/c1-2-4-6-8-9-7-5-3-1/h1-3,6,8H,4,7,9H2/b2-1+,5-3?,8-6+. The van der Waals surface area contributed by atoms with Crippen LogP contribution in [-0.2, 0) is 0 Å². The molecule has 0 spiro atoms. The Kier molecular flexibility index (Phi) is 2.91. The Labute approximate surface area is 56.6 Å². The van der Waals surface area contributed by atoms with Crippen LogP contribution < -0.4 is 0 Å². The van der Waals surface area contributed by atoms with E-state index in [4.69, 9.17) is 0 Å². The third-order valence-electron chi connectivity index (χ3n) is 1.24. The lowest BCUT2D eigenvalue weighted by molar-refractivity contribution is 1.02. The molecule has 0 saturated heterocycles. The van der Waals surface area contributed by atoms with Crippen molar-refractivity contribution in [3.8, 4) is 0 Å². The van der Waals surface area contributed by atoms with Crippen LogP contribution >= 0.6 is 0 Å². The van der Waals surface area contributed by atoms with Crippen LogP contribution in [0.3, 0.4) is 0 Å². The highest BCUT2D eigenvalue weighted by atomic mass is 13.8. The molecule has 0 amide bonds. The van der Waals surface area contributed by atoms with E-state index in [0.29, 0.717) is 0 Å². The van der Waals surface area contributed by atoms with Gasteiger partial charge in [0.05, 0.1) is 0 Å². The van der Waals surface area contributed by atoms with E-state index in [0.717, 1.165) is 19.3 Å². The highest BCUT2D eigenvalue weighted by molar-refractivity contribution is 5.04. The predicted molar refractivity (Wildman–Crippen MR) is 39.9 cm³/mol. The molecule has 1 aliphatic carbocycles. The summed E-state index contributed by atoms with van der Waals surface area (Å²) in [6.07, 6.45) is 17.0. The van der Waals surface area contributed by atoms with Gasteiger partial charge in [-0.15, -0.1) is 0 Å². The SMILES string of the molecule is [C]1=C\C=C\C/C=C/CC/1. The highest BCUT2D eigenvalue weighted by Crippen LogP contribution is 1.97. The summed E-state index contributed by atoms with van der Waals surface area (Å²) in [5, 5.41) is 0. The molecular weight excluding hydrogens is 108 g/mol. The second kappa shape index (κ2) is 4.13. The molecule has 0 heterocycles. The van der Waals surface area contributed by atoms with Gasteiger partial charge in [-0.25, -0.2) is 0 Å². The molecule has 0 fully saturated rings. The Bertz CT molecular complexity index is 138. The fourth-order valence-corrected chi connectivity index (χ4v) is 0.757. The highest BCUT2D eigenvalue weighted by Gasteiger charge is 1.78. The Morgan fingerprint density at radius 2 is 2.11 bits per heavy atom. The smallest absolute Gasteiger partial charge is 0.0166 e. The average molecular weight is 119 g/mol. The minimum atomic E-state index is 1.06. The van der Waals surface area contributed by atoms with E-state index >= 15 is 0 Å². The van der Waals surface area contributed by atoms with Gasteiger partial charge in [0.25, 0.3) is 0 Å². The van der Waals surface area contributed by atoms with Gasteiger partial charge in [-0.3, -0.25) is 0 Å². The van der Waals surface area contributed by atoms with Crippen LogP contribution in [0, 0.1) is 6.08 Å². The lowest BCUT2D eigenvalue weighted by Crippen LogP contribution is -1.62. The van der Waals surface area contributed by atoms with Gasteiger partial charge in [-0.2, -0.15) is 0 Å². The van der Waals surface area contributed by atoms with Crippen LogP contribution in [0.4, 0.5) is 0 Å². The molecule has 0 bridgehead atoms. The lowest BCUT2D eigenvalue weighted by Gasteiger charge is -1.80. The summed E-state index contributed by atoms with van der Waals surface area (Å²) in [5.74, 6) is 0. The molecule has 9 heavy (non-hydrogen) atoms. The van der Waals surface area contributed by atoms with E-state index in [1.54, 1.807) is 0 Å². The molecule has 0 aromatic rings. The first-order chi connectivity index (χ1) is 4.50. The normalized spacial score (nSPS) is 29.3. The summed E-state index contributed by atoms with van der Waals surface area (Å²) in [5.41, 5.74) is 0. The quantitative estimate of drug-likeness (QED) is 0.430. The van der Waals surface area contributed by atoms with Gasteiger partial charge in [0.1, 0.15) is 0 Å². The van der Waals surface area contributed by atoms with Crippen LogP contribution in [0.2, 0.25) is 0 Å².